The third-order valence-electron chi connectivity index (χ3n) is 16.5. The standard InChI is InChI=1S/C54H88O18/c1-13-37-33(9)71-53(63,25-41(37)67-45-23-39(55)49(61)35(11)65-45)31(7)47(59)29(5)51-27(3)19-15-17-22-44(58)70-52(28(4)20-16-18-21-43(57)69-51)30(6)48(60)32(8)54(64)26-42(38(14-2)34(10)72-54)68-46-24-40(56)50(62)36(12)66-46/h15-22,27-42,45-52,55-56,59-64H,13-14,23-26H2,1-12H3/b19-15+,20-16+,21-18+,22-17+/t27-,28+,29-,30-,31-,32-,33+,34+,35-,36-,37+,38+,39-,40-,41+,42+,45-,46-,47+,48+,49+,50+,51+,52-,53+,54+/m0/s1. The van der Waals surface area contributed by atoms with E-state index in [-0.39, 0.29) is 37.5 Å². The average molecular weight is 1030 g/mol. The summed E-state index contributed by atoms with van der Waals surface area (Å²) in [6.45, 7) is 21.3. The van der Waals surface area contributed by atoms with Crippen molar-refractivity contribution in [3.63, 3.8) is 0 Å². The van der Waals surface area contributed by atoms with Crippen molar-refractivity contribution >= 4 is 11.9 Å². The van der Waals surface area contributed by atoms with E-state index < -0.39 is 157 Å². The number of cyclic esters (lactones) is 2. The Kier molecular flexibility index (Phi) is 21.7. The topological polar surface area (TPSA) is 270 Å². The SMILES string of the molecule is CC[C@@H]1[C@@H](C)O[C@@](O)([C@@H](C)[C@H](O)[C@H](C)[C@H]2OC(=O)/C=C/C=C/[C@H](C)[C@H]([C@@H](C)[C@@H](O)[C@H](C)[C@@]3(O)C[C@@H](O[C@H]4C[C@H](O)[C@H](O)[C@H](C)O4)[C@H](CC)[C@@H](C)O3)OC(=O)/C=C/C=C/[C@H]2C)C[C@H]1O[C@H]1C[C@H](O)[C@H](O)[C@H](C)O1. The predicted octanol–water partition coefficient (Wildman–Crippen LogP) is 4.12. The Balaban J connectivity index is 1.28. The lowest BCUT2D eigenvalue weighted by atomic mass is 9.76. The van der Waals surface area contributed by atoms with Gasteiger partial charge in [-0.15, -0.1) is 0 Å². The van der Waals surface area contributed by atoms with Gasteiger partial charge in [0.15, 0.2) is 24.2 Å². The number of aliphatic hydroxyl groups is 8. The van der Waals surface area contributed by atoms with Gasteiger partial charge < -0.3 is 78.7 Å². The molecule has 72 heavy (non-hydrogen) atoms. The van der Waals surface area contributed by atoms with Crippen molar-refractivity contribution in [1.82, 2.24) is 0 Å². The number of allylic oxidation sites excluding steroid dienone is 4. The van der Waals surface area contributed by atoms with Crippen molar-refractivity contribution in [2.45, 2.75) is 231 Å². The van der Waals surface area contributed by atoms with Crippen LogP contribution in [-0.4, -0.2) is 162 Å². The van der Waals surface area contributed by atoms with Crippen LogP contribution < -0.4 is 0 Å². The molecule has 4 fully saturated rings. The summed E-state index contributed by atoms with van der Waals surface area (Å²) in [5, 5.41) is 89.6. The number of esters is 2. The molecule has 0 aromatic rings. The average Bonchev–Trinajstić information content (AvgIpc) is 3.31. The van der Waals surface area contributed by atoms with E-state index in [2.05, 4.69) is 0 Å². The molecule has 5 rings (SSSR count). The molecule has 0 spiro atoms. The fourth-order valence-corrected chi connectivity index (χ4v) is 11.6. The monoisotopic (exact) mass is 1020 g/mol. The Hall–Kier alpha value is -2.66. The zero-order chi connectivity index (χ0) is 53.6. The number of ether oxygens (including phenoxy) is 8. The van der Waals surface area contributed by atoms with Crippen LogP contribution in [0.2, 0.25) is 0 Å². The molecule has 18 nitrogen and oxygen atoms in total. The van der Waals surface area contributed by atoms with Gasteiger partial charge in [0.2, 0.25) is 0 Å². The van der Waals surface area contributed by atoms with Gasteiger partial charge in [0.1, 0.15) is 24.4 Å². The van der Waals surface area contributed by atoms with E-state index in [1.807, 2.05) is 27.7 Å². The van der Waals surface area contributed by atoms with E-state index in [4.69, 9.17) is 37.9 Å². The number of hydrogen-bond donors (Lipinski definition) is 8. The highest BCUT2D eigenvalue weighted by Crippen LogP contribution is 2.45. The molecule has 8 N–H and O–H groups in total. The van der Waals surface area contributed by atoms with Gasteiger partial charge >= 0.3 is 11.9 Å². The summed E-state index contributed by atoms with van der Waals surface area (Å²) in [4.78, 5) is 27.0. The third kappa shape index (κ3) is 14.4. The fourth-order valence-electron chi connectivity index (χ4n) is 11.6. The van der Waals surface area contributed by atoms with Crippen LogP contribution >= 0.6 is 0 Å². The summed E-state index contributed by atoms with van der Waals surface area (Å²) in [5.41, 5.74) is 0. The highest BCUT2D eigenvalue weighted by molar-refractivity contribution is 5.83. The Morgan fingerprint density at radius 3 is 1.25 bits per heavy atom. The third-order valence-corrected chi connectivity index (χ3v) is 16.5. The van der Waals surface area contributed by atoms with Gasteiger partial charge in [-0.25, -0.2) is 9.59 Å². The molecule has 0 radical (unpaired) electrons. The van der Waals surface area contributed by atoms with E-state index in [1.54, 1.807) is 79.7 Å². The molecule has 0 bridgehead atoms. The van der Waals surface area contributed by atoms with E-state index in [0.717, 1.165) is 0 Å². The minimum atomic E-state index is -1.88. The first-order valence-electron chi connectivity index (χ1n) is 26.4. The van der Waals surface area contributed by atoms with Crippen LogP contribution in [0.3, 0.4) is 0 Å². The first-order valence-corrected chi connectivity index (χ1v) is 26.4. The van der Waals surface area contributed by atoms with Gasteiger partial charge in [0.25, 0.3) is 0 Å². The summed E-state index contributed by atoms with van der Waals surface area (Å²) in [6, 6.07) is 0. The first kappa shape index (κ1) is 60.2. The Bertz CT molecular complexity index is 1710. The number of carbonyl (C=O) groups excluding carboxylic acids is 2. The molecule has 0 saturated carbocycles. The minimum Gasteiger partial charge on any atom is -0.458 e. The van der Waals surface area contributed by atoms with Crippen LogP contribution in [0.1, 0.15) is 122 Å². The second-order valence-electron chi connectivity index (χ2n) is 21.7. The normalized spacial score (nSPS) is 46.1. The maximum absolute atomic E-state index is 13.5. The Morgan fingerprint density at radius 2 is 0.931 bits per heavy atom. The lowest BCUT2D eigenvalue weighted by Crippen LogP contribution is -2.59. The molecular weight excluding hydrogens is 937 g/mol. The second kappa shape index (κ2) is 25.9. The summed E-state index contributed by atoms with van der Waals surface area (Å²) >= 11 is 0. The molecule has 0 amide bonds. The van der Waals surface area contributed by atoms with Crippen molar-refractivity contribution < 1.29 is 88.3 Å². The van der Waals surface area contributed by atoms with Gasteiger partial charge in [-0.2, -0.15) is 0 Å². The summed E-state index contributed by atoms with van der Waals surface area (Å²) in [7, 11) is 0. The van der Waals surface area contributed by atoms with Gasteiger partial charge in [0.05, 0.1) is 61.0 Å². The molecule has 5 aliphatic heterocycles. The molecule has 0 aromatic carbocycles. The smallest absolute Gasteiger partial charge is 0.331 e. The summed E-state index contributed by atoms with van der Waals surface area (Å²) in [6.07, 6.45) is -0.317. The Labute approximate surface area is 426 Å². The van der Waals surface area contributed by atoms with E-state index in [1.165, 1.54) is 24.3 Å². The molecule has 26 atom stereocenters. The van der Waals surface area contributed by atoms with Crippen molar-refractivity contribution in [2.75, 3.05) is 0 Å². The molecular formula is C54H88O18. The number of carbonyl (C=O) groups is 2. The van der Waals surface area contributed by atoms with Crippen LogP contribution in [0.25, 0.3) is 0 Å². The van der Waals surface area contributed by atoms with Crippen LogP contribution in [0, 0.1) is 47.3 Å². The lowest BCUT2D eigenvalue weighted by molar-refractivity contribution is -0.345. The van der Waals surface area contributed by atoms with Gasteiger partial charge in [0, 0.05) is 85.2 Å². The molecule has 5 aliphatic rings. The van der Waals surface area contributed by atoms with Crippen molar-refractivity contribution in [3.8, 4) is 0 Å². The van der Waals surface area contributed by atoms with E-state index in [0.29, 0.717) is 12.8 Å². The lowest BCUT2D eigenvalue weighted by Gasteiger charge is -2.50. The summed E-state index contributed by atoms with van der Waals surface area (Å²) in [5.74, 6) is -9.84. The van der Waals surface area contributed by atoms with Crippen LogP contribution in [0.15, 0.2) is 48.6 Å². The van der Waals surface area contributed by atoms with E-state index in [9.17, 15) is 50.4 Å². The molecule has 0 aliphatic carbocycles. The van der Waals surface area contributed by atoms with Gasteiger partial charge in [-0.05, 0) is 40.5 Å². The highest BCUT2D eigenvalue weighted by Gasteiger charge is 2.54. The number of aliphatic hydroxyl groups excluding tert-OH is 6. The van der Waals surface area contributed by atoms with E-state index >= 15 is 0 Å². The highest BCUT2D eigenvalue weighted by atomic mass is 16.7. The zero-order valence-corrected chi connectivity index (χ0v) is 44.4. The maximum Gasteiger partial charge on any atom is 0.331 e. The second-order valence-corrected chi connectivity index (χ2v) is 21.7. The van der Waals surface area contributed by atoms with Crippen molar-refractivity contribution in [2.24, 2.45) is 47.3 Å². The fraction of sp³-hybridized carbons (Fsp3) is 0.815. The van der Waals surface area contributed by atoms with Crippen molar-refractivity contribution in [3.05, 3.63) is 48.6 Å². The first-order chi connectivity index (χ1) is 33.7. The molecule has 5 heterocycles. The van der Waals surface area contributed by atoms with Crippen LogP contribution in [-0.2, 0) is 47.5 Å². The van der Waals surface area contributed by atoms with Crippen molar-refractivity contribution in [1.29, 1.82) is 0 Å². The molecule has 412 valence electrons. The summed E-state index contributed by atoms with van der Waals surface area (Å²) < 4.78 is 49.1. The predicted molar refractivity (Wildman–Crippen MR) is 263 cm³/mol. The molecule has 18 heteroatoms. The molecule has 0 aromatic heterocycles. The van der Waals surface area contributed by atoms with Gasteiger partial charge in [-0.1, -0.05) is 91.8 Å². The van der Waals surface area contributed by atoms with Gasteiger partial charge in [-0.3, -0.25) is 0 Å². The number of hydrogen-bond acceptors (Lipinski definition) is 18. The zero-order valence-electron chi connectivity index (χ0n) is 44.4. The maximum atomic E-state index is 13.5. The molecule has 0 unspecified atom stereocenters. The van der Waals surface area contributed by atoms with Crippen LogP contribution in [0.4, 0.5) is 0 Å². The Morgan fingerprint density at radius 1 is 0.583 bits per heavy atom. The minimum absolute atomic E-state index is 0.0264. The number of rotatable bonds is 14. The van der Waals surface area contributed by atoms with Crippen LogP contribution in [0.5, 0.6) is 0 Å². The molecule has 4 saturated heterocycles. The largest absolute Gasteiger partial charge is 0.458 e. The quantitative estimate of drug-likeness (QED) is 0.114.